The molecule has 3 amide bonds. The van der Waals surface area contributed by atoms with Crippen LogP contribution in [-0.4, -0.2) is 102 Å². The van der Waals surface area contributed by atoms with Crippen molar-refractivity contribution in [1.82, 2.24) is 29.9 Å². The van der Waals surface area contributed by atoms with Crippen molar-refractivity contribution in [2.24, 2.45) is 0 Å². The predicted octanol–water partition coefficient (Wildman–Crippen LogP) is 18.5. The molecule has 4 N–H and O–H groups in total. The topological polar surface area (TPSA) is 268 Å². The van der Waals surface area contributed by atoms with Gasteiger partial charge in [-0.05, 0) is 236 Å². The van der Waals surface area contributed by atoms with Gasteiger partial charge in [0.15, 0.2) is 38.8 Å². The molecule has 7 aliphatic rings. The SMILES string of the molecule is COc1cc(B2OC(C)(C)C(C)(C)O2)ccn1.C[Si](C)(C)I.Cc1cc(NC(=O)C2(c3ccc4c(c3)OC(F)(F)O4)CC2)nc(-c2cc[nH]c(=O)c2)c1.Cc1cc(NC(=O)C2(c3ccc4c(c3)OC(F)(F)O4)CC2)nc(-c2ccnc(C)c2)c1.Cc1cc(NC(=O)C2(c3ccc4c(c3)OC(F)(F)O4)CC2)nc(Cl)c1C.ClC(Cl)Cl. The summed E-state index contributed by atoms with van der Waals surface area (Å²) < 4.78 is 123. The normalized spacial score (nSPS) is 17.7. The van der Waals surface area contributed by atoms with E-state index in [1.807, 2.05) is 98.7 Å². The van der Waals surface area contributed by atoms with Crippen molar-refractivity contribution in [1.29, 1.82) is 0 Å². The van der Waals surface area contributed by atoms with Gasteiger partial charge in [0.1, 0.15) is 28.2 Å². The number of carbonyl (C=O) groups is 3. The number of hydrogen-bond donors (Lipinski definition) is 4. The highest BCUT2D eigenvalue weighted by molar-refractivity contribution is 14.1. The van der Waals surface area contributed by atoms with Crippen molar-refractivity contribution >= 4 is 122 Å². The molecule has 35 heteroatoms. The molecule has 0 unspecified atom stereocenters. The second kappa shape index (κ2) is 33.3. The lowest BCUT2D eigenvalue weighted by Crippen LogP contribution is -2.41. The van der Waals surface area contributed by atoms with Crippen molar-refractivity contribution in [2.45, 2.75) is 171 Å². The third-order valence-corrected chi connectivity index (χ3v) is 19.7. The number of carbonyl (C=O) groups excluding carboxylic acids is 3. The smallest absolute Gasteiger partial charge is 0.481 e. The zero-order chi connectivity index (χ0) is 83.1. The van der Waals surface area contributed by atoms with Gasteiger partial charge in [-0.25, -0.2) is 19.9 Å². The number of methoxy groups -OCH3 is 1. The molecule has 16 rings (SSSR count). The average molecular weight is 1780 g/mol. The van der Waals surface area contributed by atoms with Crippen LogP contribution in [0.15, 0.2) is 145 Å². The third-order valence-electron chi connectivity index (χ3n) is 19.3. The van der Waals surface area contributed by atoms with Gasteiger partial charge in [0.25, 0.3) is 0 Å². The molecule has 22 nitrogen and oxygen atoms in total. The van der Waals surface area contributed by atoms with Crippen molar-refractivity contribution in [3.8, 4) is 62.9 Å². The number of halogens is 11. The van der Waals surface area contributed by atoms with Crippen LogP contribution in [0, 0.1) is 34.6 Å². The van der Waals surface area contributed by atoms with Crippen LogP contribution in [0.1, 0.15) is 111 Å². The first-order valence-corrected chi connectivity index (χ1v) is 43.9. The molecule has 602 valence electrons. The fraction of sp³-hybridized carbons (Fsp3) is 0.354. The number of fused-ring (bicyclic) bond motifs is 3. The average Bonchev–Trinajstić information content (AvgIpc) is 1.59. The molecule has 0 radical (unpaired) electrons. The third kappa shape index (κ3) is 21.0. The second-order valence-electron chi connectivity index (χ2n) is 29.8. The summed E-state index contributed by atoms with van der Waals surface area (Å²) >= 11 is 23.0. The Kier molecular flexibility index (Phi) is 25.1. The number of alkyl halides is 9. The number of nitrogens with one attached hydrogen (secondary N) is 4. The number of aromatic nitrogens is 6. The van der Waals surface area contributed by atoms with E-state index in [2.05, 4.69) is 116 Å². The number of H-pyrrole nitrogens is 1. The molecule has 3 saturated carbocycles. The van der Waals surface area contributed by atoms with Crippen LogP contribution in [0.4, 0.5) is 43.8 Å². The Balaban J connectivity index is 0.000000147. The van der Waals surface area contributed by atoms with Gasteiger partial charge in [-0.1, -0.05) is 84.2 Å². The Morgan fingerprint density at radius 2 is 0.904 bits per heavy atom. The molecule has 9 aromatic rings. The highest BCUT2D eigenvalue weighted by Crippen LogP contribution is 2.56. The number of benzene rings is 3. The molecular formula is C79H79BCl4F6IN9O13Si. The first kappa shape index (κ1) is 85.9. The minimum Gasteiger partial charge on any atom is -0.481 e. The number of nitrogens with zero attached hydrogens (tertiary/aromatic N) is 5. The number of amides is 3. The molecule has 0 spiro atoms. The molecule has 10 heterocycles. The first-order chi connectivity index (χ1) is 53.3. The van der Waals surface area contributed by atoms with Crippen LogP contribution >= 0.6 is 68.2 Å². The van der Waals surface area contributed by atoms with E-state index < -0.39 is 45.0 Å². The lowest BCUT2D eigenvalue weighted by molar-refractivity contribution is -0.287. The van der Waals surface area contributed by atoms with Gasteiger partial charge >= 0.3 is 26.0 Å². The standard InChI is InChI=1S/C23H19F2N3O3.C22H17F2N3O4.C18H15ClF2N2O3.C12H18BNO3.C3H9ISi.CHCl3/c1-13-9-17(15-5-8-26-14(2)11-15)27-20(10-13)28-21(29)22(6-7-22)16-3-4-18-19(12-16)31-23(24,25)30-18;1-12-8-15(13-4-7-25-19(28)10-13)26-18(9-12)27-20(29)21(5-6-21)14-2-3-16-17(11-14)31-22(23,24)30-16;1-9-7-14(22-15(19)10(9)2)23-16(24)17(5-6-17)11-3-4-12-13(8-11)26-18(20,21)25-12;1-11(2)12(3,4)17-13(16-11)9-6-7-14-10(8-9)15-5;1-5(2,3)4;2-1(3)4/h3-5,8-12H,6-7H2,1-2H3,(H,27,28,29);2-4,7-11H,5-6H2,1H3,(H,25,28)(H,26,27,29);3-4,7-8H,5-6H2,1-2H3,(H,22,23,24);6-8H,1-5H3;1-3H3;1H. The van der Waals surface area contributed by atoms with Crippen LogP contribution in [0.25, 0.3) is 22.5 Å². The van der Waals surface area contributed by atoms with Crippen LogP contribution < -0.4 is 60.1 Å². The summed E-state index contributed by atoms with van der Waals surface area (Å²) in [7, 11) is 1.23. The minimum atomic E-state index is -3.71. The Morgan fingerprint density at radius 3 is 1.27 bits per heavy atom. The summed E-state index contributed by atoms with van der Waals surface area (Å²) in [6.45, 7) is 24.5. The molecule has 0 atom stereocenters. The van der Waals surface area contributed by atoms with Crippen molar-refractivity contribution in [2.75, 3.05) is 23.1 Å². The van der Waals surface area contributed by atoms with E-state index >= 15 is 0 Å². The Bertz CT molecular complexity index is 5170. The van der Waals surface area contributed by atoms with E-state index in [4.69, 9.17) is 60.4 Å². The Labute approximate surface area is 687 Å². The van der Waals surface area contributed by atoms with Crippen LogP contribution in [0.2, 0.25) is 24.8 Å². The van der Waals surface area contributed by atoms with Crippen LogP contribution in [0.3, 0.4) is 0 Å². The summed E-state index contributed by atoms with van der Waals surface area (Å²) in [5, 5.41) is 8.85. The maximum Gasteiger partial charge on any atom is 0.586 e. The van der Waals surface area contributed by atoms with E-state index in [0.717, 1.165) is 44.7 Å². The van der Waals surface area contributed by atoms with Gasteiger partial charge in [-0.2, -0.15) is 0 Å². The van der Waals surface area contributed by atoms with Gasteiger partial charge in [-0.15, -0.1) is 48.1 Å². The lowest BCUT2D eigenvalue weighted by atomic mass is 9.80. The van der Waals surface area contributed by atoms with Crippen LogP contribution in [0.5, 0.6) is 40.4 Å². The van der Waals surface area contributed by atoms with E-state index in [-0.39, 0.29) is 76.1 Å². The number of ether oxygens (including phenoxy) is 7. The second-order valence-corrected chi connectivity index (χ2v) is 46.0. The number of aromatic amines is 1. The highest BCUT2D eigenvalue weighted by atomic mass is 127. The number of hydrogen-bond acceptors (Lipinski definition) is 18. The van der Waals surface area contributed by atoms with Crippen molar-refractivity contribution < 1.29 is 83.2 Å². The molecular weight excluding hydrogens is 1700 g/mol. The summed E-state index contributed by atoms with van der Waals surface area (Å²) in [5.41, 5.74) is 6.00. The maximum absolute atomic E-state index is 13.3. The monoisotopic (exact) mass is 1780 g/mol. The quantitative estimate of drug-likeness (QED) is 0.0209. The predicted molar refractivity (Wildman–Crippen MR) is 432 cm³/mol. The lowest BCUT2D eigenvalue weighted by Gasteiger charge is -2.32. The molecule has 3 aromatic carbocycles. The fourth-order valence-corrected chi connectivity index (χ4v) is 12.5. The van der Waals surface area contributed by atoms with Crippen LogP contribution in [-0.2, 0) is 39.9 Å². The number of aryl methyl sites for hydroxylation is 4. The van der Waals surface area contributed by atoms with Gasteiger partial charge in [0, 0.05) is 47.5 Å². The number of anilines is 3. The number of rotatable bonds is 13. The molecule has 3 aliphatic carbocycles. The fourth-order valence-electron chi connectivity index (χ4n) is 12.3. The summed E-state index contributed by atoms with van der Waals surface area (Å²) in [6, 6.07) is 33.0. The molecule has 6 aromatic heterocycles. The minimum absolute atomic E-state index is 0.0393. The summed E-state index contributed by atoms with van der Waals surface area (Å²) in [6.07, 6.45) is -2.57. The molecule has 1 saturated heterocycles. The Hall–Kier alpha value is -8.96. The van der Waals surface area contributed by atoms with Gasteiger partial charge < -0.3 is 63.4 Å². The zero-order valence-corrected chi connectivity index (χ0v) is 70.1. The van der Waals surface area contributed by atoms with Crippen molar-refractivity contribution in [3.05, 3.63) is 200 Å². The molecule has 4 aliphatic heterocycles. The Morgan fingerprint density at radius 1 is 0.526 bits per heavy atom. The summed E-state index contributed by atoms with van der Waals surface area (Å²) in [5.74, 6) is 0.575. The maximum atomic E-state index is 13.3. The van der Waals surface area contributed by atoms with Gasteiger partial charge in [0.2, 0.25) is 29.2 Å². The zero-order valence-electron chi connectivity index (χ0n) is 63.9. The van der Waals surface area contributed by atoms with Gasteiger partial charge in [-0.3, -0.25) is 24.2 Å². The largest absolute Gasteiger partial charge is 0.586 e. The first-order valence-electron chi connectivity index (χ1n) is 35.6. The van der Waals surface area contributed by atoms with E-state index in [1.165, 1.54) is 48.7 Å². The van der Waals surface area contributed by atoms with Gasteiger partial charge in [0.05, 0.1) is 45.9 Å². The summed E-state index contributed by atoms with van der Waals surface area (Å²) in [4.78, 5) is 74.8. The number of pyridine rings is 6. The van der Waals surface area contributed by atoms with E-state index in [9.17, 15) is 45.5 Å². The van der Waals surface area contributed by atoms with E-state index in [1.54, 1.807) is 62.0 Å². The molecule has 4 fully saturated rings. The molecule has 114 heavy (non-hydrogen) atoms. The van der Waals surface area contributed by atoms with E-state index in [0.29, 0.717) is 95.0 Å². The highest BCUT2D eigenvalue weighted by Gasteiger charge is 2.57. The van der Waals surface area contributed by atoms with Crippen molar-refractivity contribution in [3.63, 3.8) is 0 Å². The molecule has 0 bridgehead atoms.